The Balaban J connectivity index is 2.08. The molecule has 1 fully saturated rings. The van der Waals surface area contributed by atoms with Crippen LogP contribution < -0.4 is 5.32 Å². The molecule has 5 nitrogen and oxygen atoms in total. The maximum atomic E-state index is 10.9. The Hall–Kier alpha value is -0.810. The summed E-state index contributed by atoms with van der Waals surface area (Å²) >= 11 is 0. The van der Waals surface area contributed by atoms with Crippen LogP contribution in [0.15, 0.2) is 0 Å². The smallest absolute Gasteiger partial charge is 0.407 e. The van der Waals surface area contributed by atoms with E-state index in [9.17, 15) is 4.79 Å². The third-order valence-corrected chi connectivity index (χ3v) is 2.22. The number of hydrogen-bond acceptors (Lipinski definition) is 4. The van der Waals surface area contributed by atoms with Gasteiger partial charge in [-0.05, 0) is 12.8 Å². The van der Waals surface area contributed by atoms with Crippen molar-refractivity contribution in [1.82, 2.24) is 5.32 Å². The highest BCUT2D eigenvalue weighted by Crippen LogP contribution is 2.44. The lowest BCUT2D eigenvalue weighted by molar-refractivity contribution is 0.115. The number of hydrogen-bond donors (Lipinski definition) is 3. The number of amides is 1. The highest BCUT2D eigenvalue weighted by Gasteiger charge is 2.42. The second-order valence-electron chi connectivity index (χ2n) is 3.37. The number of carbonyl (C=O) groups is 1. The van der Waals surface area contributed by atoms with E-state index in [-0.39, 0.29) is 25.2 Å². The first-order valence-corrected chi connectivity index (χ1v) is 4.35. The molecular formula is C8H15NO4. The second kappa shape index (κ2) is 4.43. The summed E-state index contributed by atoms with van der Waals surface area (Å²) in [4.78, 5) is 10.9. The molecule has 0 unspecified atom stereocenters. The van der Waals surface area contributed by atoms with Crippen LogP contribution in [-0.4, -0.2) is 42.7 Å². The van der Waals surface area contributed by atoms with Crippen molar-refractivity contribution in [2.75, 3.05) is 26.4 Å². The van der Waals surface area contributed by atoms with Gasteiger partial charge in [0.15, 0.2) is 0 Å². The van der Waals surface area contributed by atoms with Crippen molar-refractivity contribution in [3.05, 3.63) is 0 Å². The van der Waals surface area contributed by atoms with Crippen LogP contribution in [0.3, 0.4) is 0 Å². The standard InChI is InChI=1S/C8H15NO4/c10-3-4-13-7(12)9-5-8(6-11)1-2-8/h10-11H,1-6H2,(H,9,12). The van der Waals surface area contributed by atoms with Crippen molar-refractivity contribution in [3.63, 3.8) is 0 Å². The SMILES string of the molecule is O=C(NCC1(CO)CC1)OCCO. The summed E-state index contributed by atoms with van der Waals surface area (Å²) in [6, 6.07) is 0. The molecular weight excluding hydrogens is 174 g/mol. The molecule has 0 atom stereocenters. The molecule has 1 aliphatic rings. The van der Waals surface area contributed by atoms with Gasteiger partial charge in [0.25, 0.3) is 0 Å². The van der Waals surface area contributed by atoms with Crippen LogP contribution in [0.1, 0.15) is 12.8 Å². The molecule has 0 radical (unpaired) electrons. The minimum absolute atomic E-state index is 0.0119. The summed E-state index contributed by atoms with van der Waals surface area (Å²) in [6.07, 6.45) is 1.36. The second-order valence-corrected chi connectivity index (χ2v) is 3.37. The Bertz CT molecular complexity index is 179. The summed E-state index contributed by atoms with van der Waals surface area (Å²) < 4.78 is 4.58. The van der Waals surface area contributed by atoms with Crippen LogP contribution in [0, 0.1) is 5.41 Å². The lowest BCUT2D eigenvalue weighted by Crippen LogP contribution is -2.32. The number of ether oxygens (including phenoxy) is 1. The van der Waals surface area contributed by atoms with Gasteiger partial charge in [-0.1, -0.05) is 0 Å². The van der Waals surface area contributed by atoms with Crippen molar-refractivity contribution < 1.29 is 19.7 Å². The average Bonchev–Trinajstić information content (AvgIpc) is 2.92. The highest BCUT2D eigenvalue weighted by molar-refractivity contribution is 5.67. The molecule has 0 aromatic rings. The number of nitrogens with one attached hydrogen (secondary N) is 1. The normalized spacial score (nSPS) is 18.0. The zero-order valence-corrected chi connectivity index (χ0v) is 7.45. The van der Waals surface area contributed by atoms with Crippen molar-refractivity contribution >= 4 is 6.09 Å². The Kier molecular flexibility index (Phi) is 3.50. The summed E-state index contributed by atoms with van der Waals surface area (Å²) in [5.41, 5.74) is -0.0990. The highest BCUT2D eigenvalue weighted by atomic mass is 16.6. The zero-order chi connectivity index (χ0) is 9.73. The molecule has 0 aromatic heterocycles. The Morgan fingerprint density at radius 2 is 2.15 bits per heavy atom. The first-order chi connectivity index (χ1) is 6.22. The first kappa shape index (κ1) is 10.3. The Labute approximate surface area is 76.7 Å². The van der Waals surface area contributed by atoms with E-state index in [0.717, 1.165) is 12.8 Å². The molecule has 0 aliphatic heterocycles. The summed E-state index contributed by atoms with van der Waals surface area (Å²) in [5, 5.41) is 19.8. The predicted octanol–water partition coefficient (Wildman–Crippen LogP) is -0.523. The van der Waals surface area contributed by atoms with E-state index >= 15 is 0 Å². The zero-order valence-electron chi connectivity index (χ0n) is 7.45. The van der Waals surface area contributed by atoms with Gasteiger partial charge in [0, 0.05) is 12.0 Å². The summed E-state index contributed by atoms with van der Waals surface area (Å²) in [6.45, 7) is 0.400. The number of alkyl carbamates (subject to hydrolysis) is 1. The molecule has 1 amide bonds. The maximum Gasteiger partial charge on any atom is 0.407 e. The number of aliphatic hydroxyl groups is 2. The molecule has 76 valence electrons. The van der Waals surface area contributed by atoms with E-state index in [1.807, 2.05) is 0 Å². The molecule has 1 rings (SSSR count). The minimum atomic E-state index is -0.534. The fourth-order valence-corrected chi connectivity index (χ4v) is 1.02. The van der Waals surface area contributed by atoms with Gasteiger partial charge < -0.3 is 20.3 Å². The van der Waals surface area contributed by atoms with Gasteiger partial charge >= 0.3 is 6.09 Å². The quantitative estimate of drug-likeness (QED) is 0.543. The van der Waals surface area contributed by atoms with Crippen molar-refractivity contribution in [1.29, 1.82) is 0 Å². The van der Waals surface area contributed by atoms with E-state index in [0.29, 0.717) is 6.54 Å². The Morgan fingerprint density at radius 1 is 1.46 bits per heavy atom. The van der Waals surface area contributed by atoms with Crippen LogP contribution in [0.4, 0.5) is 4.79 Å². The molecule has 0 spiro atoms. The monoisotopic (exact) mass is 189 g/mol. The molecule has 1 aliphatic carbocycles. The lowest BCUT2D eigenvalue weighted by Gasteiger charge is -2.12. The first-order valence-electron chi connectivity index (χ1n) is 4.35. The van der Waals surface area contributed by atoms with E-state index in [1.165, 1.54) is 0 Å². The molecule has 0 aromatic carbocycles. The molecule has 3 N–H and O–H groups in total. The number of aliphatic hydroxyl groups excluding tert-OH is 2. The minimum Gasteiger partial charge on any atom is -0.447 e. The van der Waals surface area contributed by atoms with E-state index < -0.39 is 6.09 Å². The van der Waals surface area contributed by atoms with Crippen molar-refractivity contribution in [2.24, 2.45) is 5.41 Å². The molecule has 0 bridgehead atoms. The van der Waals surface area contributed by atoms with Gasteiger partial charge in [-0.3, -0.25) is 0 Å². The topological polar surface area (TPSA) is 78.8 Å². The van der Waals surface area contributed by atoms with E-state index in [2.05, 4.69) is 10.1 Å². The average molecular weight is 189 g/mol. The van der Waals surface area contributed by atoms with Gasteiger partial charge in [-0.2, -0.15) is 0 Å². The fourth-order valence-electron chi connectivity index (χ4n) is 1.02. The molecule has 5 heteroatoms. The third kappa shape index (κ3) is 3.20. The van der Waals surface area contributed by atoms with E-state index in [1.54, 1.807) is 0 Å². The largest absolute Gasteiger partial charge is 0.447 e. The van der Waals surface area contributed by atoms with Crippen molar-refractivity contribution in [3.8, 4) is 0 Å². The van der Waals surface area contributed by atoms with Crippen LogP contribution in [0.5, 0.6) is 0 Å². The molecule has 1 saturated carbocycles. The van der Waals surface area contributed by atoms with Gasteiger partial charge in [-0.15, -0.1) is 0 Å². The fraction of sp³-hybridized carbons (Fsp3) is 0.875. The maximum absolute atomic E-state index is 10.9. The predicted molar refractivity (Wildman–Crippen MR) is 45.2 cm³/mol. The van der Waals surface area contributed by atoms with Crippen LogP contribution in [0.25, 0.3) is 0 Å². The van der Waals surface area contributed by atoms with Crippen LogP contribution >= 0.6 is 0 Å². The van der Waals surface area contributed by atoms with Crippen molar-refractivity contribution in [2.45, 2.75) is 12.8 Å². The van der Waals surface area contributed by atoms with Gasteiger partial charge in [0.05, 0.1) is 13.2 Å². The van der Waals surface area contributed by atoms with Crippen LogP contribution in [-0.2, 0) is 4.74 Å². The van der Waals surface area contributed by atoms with Gasteiger partial charge in [0.1, 0.15) is 6.61 Å². The van der Waals surface area contributed by atoms with Crippen LogP contribution in [0.2, 0.25) is 0 Å². The number of rotatable bonds is 5. The Morgan fingerprint density at radius 3 is 2.62 bits per heavy atom. The van der Waals surface area contributed by atoms with E-state index in [4.69, 9.17) is 10.2 Å². The number of carbonyl (C=O) groups excluding carboxylic acids is 1. The summed E-state index contributed by atoms with van der Waals surface area (Å²) in [5.74, 6) is 0. The van der Waals surface area contributed by atoms with Gasteiger partial charge in [-0.25, -0.2) is 4.79 Å². The lowest BCUT2D eigenvalue weighted by atomic mass is 10.1. The molecule has 13 heavy (non-hydrogen) atoms. The van der Waals surface area contributed by atoms with Gasteiger partial charge in [0.2, 0.25) is 0 Å². The third-order valence-electron chi connectivity index (χ3n) is 2.22. The molecule has 0 saturated heterocycles. The molecule has 0 heterocycles. The summed E-state index contributed by atoms with van der Waals surface area (Å²) in [7, 11) is 0.